The molecule has 0 saturated carbocycles. The van der Waals surface area contributed by atoms with Crippen molar-refractivity contribution in [1.82, 2.24) is 0 Å². The maximum Gasteiger partial charge on any atom is 0.200 e. The van der Waals surface area contributed by atoms with Crippen molar-refractivity contribution in [3.8, 4) is 5.75 Å². The highest BCUT2D eigenvalue weighted by molar-refractivity contribution is 7.95. The standard InChI is InChI=1S/C10H11NO4S/c1-14-8-3-2-4-9-10(8)7(5-15-11)6-16(9,12)13/h2-4,6H,5,11H2,1H3. The molecule has 0 aliphatic carbocycles. The number of sulfone groups is 1. The van der Waals surface area contributed by atoms with E-state index in [1.807, 2.05) is 0 Å². The topological polar surface area (TPSA) is 78.6 Å². The van der Waals surface area contributed by atoms with Crippen LogP contribution >= 0.6 is 0 Å². The van der Waals surface area contributed by atoms with Crippen LogP contribution in [0.2, 0.25) is 0 Å². The van der Waals surface area contributed by atoms with Gasteiger partial charge >= 0.3 is 0 Å². The van der Waals surface area contributed by atoms with Crippen molar-refractivity contribution in [3.05, 3.63) is 29.2 Å². The highest BCUT2D eigenvalue weighted by Crippen LogP contribution is 2.39. The monoisotopic (exact) mass is 241 g/mol. The smallest absolute Gasteiger partial charge is 0.200 e. The number of rotatable bonds is 3. The summed E-state index contributed by atoms with van der Waals surface area (Å²) in [5, 5.41) is 1.16. The van der Waals surface area contributed by atoms with Gasteiger partial charge in [-0.05, 0) is 12.1 Å². The fourth-order valence-corrected chi connectivity index (χ4v) is 3.21. The quantitative estimate of drug-likeness (QED) is 0.788. The second kappa shape index (κ2) is 3.89. The number of benzene rings is 1. The summed E-state index contributed by atoms with van der Waals surface area (Å²) in [6, 6.07) is 4.87. The third kappa shape index (κ3) is 1.60. The van der Waals surface area contributed by atoms with Gasteiger partial charge in [0.1, 0.15) is 5.75 Å². The molecule has 0 unspecified atom stereocenters. The third-order valence-corrected chi connectivity index (χ3v) is 3.92. The van der Waals surface area contributed by atoms with Gasteiger partial charge < -0.3 is 4.74 Å². The number of nitrogens with two attached hydrogens (primary N) is 1. The summed E-state index contributed by atoms with van der Waals surface area (Å²) in [7, 11) is -1.90. The molecule has 1 aromatic carbocycles. The van der Waals surface area contributed by atoms with Crippen molar-refractivity contribution < 1.29 is 18.0 Å². The average molecular weight is 241 g/mol. The van der Waals surface area contributed by atoms with Crippen LogP contribution in [0.5, 0.6) is 5.75 Å². The fourth-order valence-electron chi connectivity index (χ4n) is 1.74. The second-order valence-corrected chi connectivity index (χ2v) is 5.10. The van der Waals surface area contributed by atoms with E-state index in [1.54, 1.807) is 12.1 Å². The van der Waals surface area contributed by atoms with Gasteiger partial charge in [0.25, 0.3) is 0 Å². The Morgan fingerprint density at radius 3 is 2.75 bits per heavy atom. The summed E-state index contributed by atoms with van der Waals surface area (Å²) < 4.78 is 28.7. The van der Waals surface area contributed by atoms with Crippen LogP contribution in [-0.2, 0) is 14.7 Å². The molecule has 0 amide bonds. The minimum atomic E-state index is -3.39. The molecule has 0 atom stereocenters. The van der Waals surface area contributed by atoms with E-state index in [2.05, 4.69) is 4.84 Å². The van der Waals surface area contributed by atoms with E-state index >= 15 is 0 Å². The van der Waals surface area contributed by atoms with E-state index in [9.17, 15) is 8.42 Å². The van der Waals surface area contributed by atoms with Crippen molar-refractivity contribution in [2.45, 2.75) is 4.90 Å². The lowest BCUT2D eigenvalue weighted by molar-refractivity contribution is 0.173. The van der Waals surface area contributed by atoms with Crippen LogP contribution in [0.25, 0.3) is 5.57 Å². The van der Waals surface area contributed by atoms with E-state index in [0.717, 1.165) is 5.41 Å². The SMILES string of the molecule is COc1cccc2c1C(CON)=CS2(=O)=O. The zero-order valence-electron chi connectivity index (χ0n) is 8.64. The highest BCUT2D eigenvalue weighted by atomic mass is 32.2. The Hall–Kier alpha value is -1.37. The number of hydrogen-bond donors (Lipinski definition) is 1. The average Bonchev–Trinajstić information content (AvgIpc) is 2.51. The summed E-state index contributed by atoms with van der Waals surface area (Å²) in [6.07, 6.45) is 0. The molecular weight excluding hydrogens is 230 g/mol. The molecule has 16 heavy (non-hydrogen) atoms. The van der Waals surface area contributed by atoms with Gasteiger partial charge in [-0.1, -0.05) is 6.07 Å². The first-order valence-corrected chi connectivity index (χ1v) is 6.09. The minimum absolute atomic E-state index is 0.0343. The number of methoxy groups -OCH3 is 1. The molecule has 0 radical (unpaired) electrons. The summed E-state index contributed by atoms with van der Waals surface area (Å²) >= 11 is 0. The molecule has 0 spiro atoms. The van der Waals surface area contributed by atoms with E-state index in [1.165, 1.54) is 13.2 Å². The first kappa shape index (κ1) is 11.1. The third-order valence-electron chi connectivity index (χ3n) is 2.37. The number of ether oxygens (including phenoxy) is 1. The van der Waals surface area contributed by atoms with Crippen molar-refractivity contribution in [1.29, 1.82) is 0 Å². The Balaban J connectivity index is 2.67. The number of fused-ring (bicyclic) bond motifs is 1. The molecule has 86 valence electrons. The van der Waals surface area contributed by atoms with Crippen LogP contribution in [0.3, 0.4) is 0 Å². The molecule has 1 heterocycles. The summed E-state index contributed by atoms with van der Waals surface area (Å²) in [5.41, 5.74) is 1.05. The van der Waals surface area contributed by atoms with Crippen LogP contribution in [-0.4, -0.2) is 22.1 Å². The van der Waals surface area contributed by atoms with E-state index in [-0.39, 0.29) is 11.5 Å². The maximum atomic E-state index is 11.8. The molecule has 0 saturated heterocycles. The van der Waals surface area contributed by atoms with Crippen molar-refractivity contribution in [2.24, 2.45) is 5.90 Å². The molecule has 2 N–H and O–H groups in total. The van der Waals surface area contributed by atoms with Crippen LogP contribution in [0.1, 0.15) is 5.56 Å². The van der Waals surface area contributed by atoms with Crippen LogP contribution in [0, 0.1) is 0 Å². The second-order valence-electron chi connectivity index (χ2n) is 3.33. The zero-order valence-corrected chi connectivity index (χ0v) is 9.45. The predicted molar refractivity (Wildman–Crippen MR) is 58.3 cm³/mol. The molecular formula is C10H11NO4S. The van der Waals surface area contributed by atoms with Crippen molar-refractivity contribution >= 4 is 15.4 Å². The summed E-state index contributed by atoms with van der Waals surface area (Å²) in [5.74, 6) is 5.47. The van der Waals surface area contributed by atoms with Crippen molar-refractivity contribution in [3.63, 3.8) is 0 Å². The van der Waals surface area contributed by atoms with Crippen molar-refractivity contribution in [2.75, 3.05) is 13.7 Å². The first-order valence-electron chi connectivity index (χ1n) is 4.55. The van der Waals surface area contributed by atoms with Gasteiger partial charge in [0.05, 0.1) is 18.6 Å². The van der Waals surface area contributed by atoms with Gasteiger partial charge in [-0.2, -0.15) is 0 Å². The fraction of sp³-hybridized carbons (Fsp3) is 0.200. The molecule has 5 nitrogen and oxygen atoms in total. The molecule has 1 aromatic rings. The largest absolute Gasteiger partial charge is 0.496 e. The van der Waals surface area contributed by atoms with E-state index in [0.29, 0.717) is 16.9 Å². The summed E-state index contributed by atoms with van der Waals surface area (Å²) in [4.78, 5) is 4.72. The van der Waals surface area contributed by atoms with E-state index in [4.69, 9.17) is 10.6 Å². The van der Waals surface area contributed by atoms with Crippen LogP contribution in [0.15, 0.2) is 28.5 Å². The normalized spacial score (nSPS) is 16.8. The molecule has 2 rings (SSSR count). The maximum absolute atomic E-state index is 11.8. The lowest BCUT2D eigenvalue weighted by atomic mass is 10.1. The van der Waals surface area contributed by atoms with Gasteiger partial charge in [0, 0.05) is 16.5 Å². The minimum Gasteiger partial charge on any atom is -0.496 e. The molecule has 1 aliphatic rings. The number of hydrogen-bond acceptors (Lipinski definition) is 5. The summed E-state index contributed by atoms with van der Waals surface area (Å²) in [6.45, 7) is 0.0343. The Bertz CT molecular complexity index is 548. The van der Waals surface area contributed by atoms with E-state index < -0.39 is 9.84 Å². The molecule has 0 aromatic heterocycles. The molecule has 1 aliphatic heterocycles. The molecule has 0 fully saturated rings. The Kier molecular flexibility index (Phi) is 2.71. The van der Waals surface area contributed by atoms with Gasteiger partial charge in [0.2, 0.25) is 9.84 Å². The van der Waals surface area contributed by atoms with Gasteiger partial charge in [-0.25, -0.2) is 14.3 Å². The lowest BCUT2D eigenvalue weighted by Gasteiger charge is -2.08. The first-order chi connectivity index (χ1) is 7.60. The highest BCUT2D eigenvalue weighted by Gasteiger charge is 2.29. The van der Waals surface area contributed by atoms with Crippen LogP contribution < -0.4 is 10.6 Å². The Morgan fingerprint density at radius 1 is 1.38 bits per heavy atom. The van der Waals surface area contributed by atoms with Crippen LogP contribution in [0.4, 0.5) is 0 Å². The Labute approximate surface area is 93.3 Å². The van der Waals surface area contributed by atoms with Gasteiger partial charge in [0.15, 0.2) is 0 Å². The molecule has 6 heteroatoms. The zero-order chi connectivity index (χ0) is 11.8. The van der Waals surface area contributed by atoms with Gasteiger partial charge in [-0.3, -0.25) is 4.84 Å². The molecule has 0 bridgehead atoms. The van der Waals surface area contributed by atoms with Gasteiger partial charge in [-0.15, -0.1) is 0 Å². The Morgan fingerprint density at radius 2 is 2.12 bits per heavy atom. The predicted octanol–water partition coefficient (Wildman–Crippen LogP) is 0.714. The lowest BCUT2D eigenvalue weighted by Crippen LogP contribution is -2.03.